The molecule has 2 aliphatic rings. The minimum atomic E-state index is 0.516. The largest absolute Gasteiger partial charge is 0.497 e. The molecule has 1 N–H and O–H groups in total. The first kappa shape index (κ1) is 10.8. The van der Waals surface area contributed by atoms with Gasteiger partial charge in [-0.3, -0.25) is 0 Å². The zero-order valence-electron chi connectivity index (χ0n) is 10.3. The lowest BCUT2D eigenvalue weighted by Gasteiger charge is -2.22. The zero-order chi connectivity index (χ0) is 11.8. The quantitative estimate of drug-likeness (QED) is 0.791. The molecule has 0 aliphatic heterocycles. The molecule has 2 heteroatoms. The summed E-state index contributed by atoms with van der Waals surface area (Å²) in [4.78, 5) is 0. The lowest BCUT2D eigenvalue weighted by Crippen LogP contribution is -2.21. The summed E-state index contributed by atoms with van der Waals surface area (Å²) in [6, 6.07) is 7.95. The highest BCUT2D eigenvalue weighted by Crippen LogP contribution is 2.49. The second kappa shape index (κ2) is 4.17. The van der Waals surface area contributed by atoms with Crippen LogP contribution in [0, 0.1) is 23.2 Å². The molecule has 3 rings (SSSR count). The maximum absolute atomic E-state index is 8.37. The summed E-state index contributed by atoms with van der Waals surface area (Å²) in [6.07, 6.45) is 5.35. The SMILES string of the molecule is COc1ccc(C(=N)C2CC3CCC2C3)cc1. The van der Waals surface area contributed by atoms with Gasteiger partial charge in [-0.1, -0.05) is 6.42 Å². The van der Waals surface area contributed by atoms with Gasteiger partial charge in [0.1, 0.15) is 5.75 Å². The summed E-state index contributed by atoms with van der Waals surface area (Å²) >= 11 is 0. The van der Waals surface area contributed by atoms with Gasteiger partial charge >= 0.3 is 0 Å². The number of methoxy groups -OCH3 is 1. The van der Waals surface area contributed by atoms with E-state index in [-0.39, 0.29) is 0 Å². The Morgan fingerprint density at radius 3 is 2.47 bits per heavy atom. The van der Waals surface area contributed by atoms with E-state index in [0.717, 1.165) is 28.9 Å². The molecule has 0 amide bonds. The van der Waals surface area contributed by atoms with Crippen molar-refractivity contribution in [1.82, 2.24) is 0 Å². The van der Waals surface area contributed by atoms with Crippen molar-refractivity contribution >= 4 is 5.71 Å². The van der Waals surface area contributed by atoms with E-state index in [1.54, 1.807) is 7.11 Å². The van der Waals surface area contributed by atoms with Gasteiger partial charge in [-0.05, 0) is 60.9 Å². The third-order valence-electron chi connectivity index (χ3n) is 4.51. The van der Waals surface area contributed by atoms with Crippen molar-refractivity contribution in [3.63, 3.8) is 0 Å². The highest BCUT2D eigenvalue weighted by Gasteiger charge is 2.41. The fraction of sp³-hybridized carbons (Fsp3) is 0.533. The molecule has 2 saturated carbocycles. The van der Waals surface area contributed by atoms with Crippen molar-refractivity contribution in [2.75, 3.05) is 7.11 Å². The lowest BCUT2D eigenvalue weighted by atomic mass is 9.83. The summed E-state index contributed by atoms with van der Waals surface area (Å²) in [7, 11) is 1.68. The van der Waals surface area contributed by atoms with Crippen molar-refractivity contribution in [3.8, 4) is 5.75 Å². The van der Waals surface area contributed by atoms with Gasteiger partial charge in [0.2, 0.25) is 0 Å². The summed E-state index contributed by atoms with van der Waals surface area (Å²) in [5, 5.41) is 8.37. The predicted octanol–water partition coefficient (Wildman–Crippen LogP) is 3.50. The fourth-order valence-corrected chi connectivity index (χ4v) is 3.58. The molecule has 2 fully saturated rings. The first-order valence-electron chi connectivity index (χ1n) is 6.51. The molecule has 0 saturated heterocycles. The third-order valence-corrected chi connectivity index (χ3v) is 4.51. The van der Waals surface area contributed by atoms with Crippen LogP contribution in [0.1, 0.15) is 31.2 Å². The molecule has 0 spiro atoms. The number of benzene rings is 1. The van der Waals surface area contributed by atoms with Crippen LogP contribution < -0.4 is 4.74 Å². The number of hydrogen-bond acceptors (Lipinski definition) is 2. The van der Waals surface area contributed by atoms with Crippen LogP contribution in [0.2, 0.25) is 0 Å². The zero-order valence-corrected chi connectivity index (χ0v) is 10.3. The Labute approximate surface area is 103 Å². The maximum Gasteiger partial charge on any atom is 0.118 e. The molecule has 1 aromatic carbocycles. The molecule has 0 aromatic heterocycles. The van der Waals surface area contributed by atoms with Crippen molar-refractivity contribution in [2.24, 2.45) is 17.8 Å². The summed E-state index contributed by atoms with van der Waals surface area (Å²) in [5.41, 5.74) is 1.92. The lowest BCUT2D eigenvalue weighted by molar-refractivity contribution is 0.412. The normalized spacial score (nSPS) is 30.5. The summed E-state index contributed by atoms with van der Waals surface area (Å²) < 4.78 is 5.15. The van der Waals surface area contributed by atoms with E-state index in [4.69, 9.17) is 10.1 Å². The van der Waals surface area contributed by atoms with Gasteiger partial charge in [0, 0.05) is 11.6 Å². The standard InChI is InChI=1S/C15H19NO/c1-17-13-6-4-11(5-7-13)15(16)14-9-10-2-3-12(14)8-10/h4-7,10,12,14,16H,2-3,8-9H2,1H3. The molecule has 2 bridgehead atoms. The molecular formula is C15H19NO. The number of hydrogen-bond donors (Lipinski definition) is 1. The van der Waals surface area contributed by atoms with Gasteiger partial charge in [0.15, 0.2) is 0 Å². The molecule has 2 aliphatic carbocycles. The topological polar surface area (TPSA) is 33.1 Å². The van der Waals surface area contributed by atoms with Crippen molar-refractivity contribution in [2.45, 2.75) is 25.7 Å². The van der Waals surface area contributed by atoms with Crippen LogP contribution in [0.3, 0.4) is 0 Å². The highest BCUT2D eigenvalue weighted by molar-refractivity contribution is 6.00. The minimum Gasteiger partial charge on any atom is -0.497 e. The Morgan fingerprint density at radius 1 is 1.18 bits per heavy atom. The second-order valence-electron chi connectivity index (χ2n) is 5.42. The van der Waals surface area contributed by atoms with Crippen LogP contribution in [0.4, 0.5) is 0 Å². The molecule has 90 valence electrons. The van der Waals surface area contributed by atoms with Crippen LogP contribution in [-0.2, 0) is 0 Å². The average molecular weight is 229 g/mol. The van der Waals surface area contributed by atoms with E-state index in [1.165, 1.54) is 25.7 Å². The highest BCUT2D eigenvalue weighted by atomic mass is 16.5. The van der Waals surface area contributed by atoms with Gasteiger partial charge < -0.3 is 10.1 Å². The van der Waals surface area contributed by atoms with E-state index < -0.39 is 0 Å². The summed E-state index contributed by atoms with van der Waals surface area (Å²) in [5.74, 6) is 3.08. The number of fused-ring (bicyclic) bond motifs is 2. The van der Waals surface area contributed by atoms with Crippen molar-refractivity contribution in [1.29, 1.82) is 5.41 Å². The first-order chi connectivity index (χ1) is 8.28. The van der Waals surface area contributed by atoms with Crippen molar-refractivity contribution in [3.05, 3.63) is 29.8 Å². The predicted molar refractivity (Wildman–Crippen MR) is 68.8 cm³/mol. The van der Waals surface area contributed by atoms with Gasteiger partial charge in [-0.15, -0.1) is 0 Å². The van der Waals surface area contributed by atoms with Crippen molar-refractivity contribution < 1.29 is 4.74 Å². The summed E-state index contributed by atoms with van der Waals surface area (Å²) in [6.45, 7) is 0. The van der Waals surface area contributed by atoms with Gasteiger partial charge in [0.25, 0.3) is 0 Å². The van der Waals surface area contributed by atoms with Crippen LogP contribution in [0.5, 0.6) is 5.75 Å². The molecule has 3 unspecified atom stereocenters. The Hall–Kier alpha value is -1.31. The third kappa shape index (κ3) is 1.86. The number of ether oxygens (including phenoxy) is 1. The molecule has 17 heavy (non-hydrogen) atoms. The van der Waals surface area contributed by atoms with Crippen LogP contribution >= 0.6 is 0 Å². The number of nitrogens with one attached hydrogen (secondary N) is 1. The first-order valence-corrected chi connectivity index (χ1v) is 6.51. The molecule has 0 heterocycles. The molecular weight excluding hydrogens is 210 g/mol. The Bertz CT molecular complexity index is 423. The Kier molecular flexibility index (Phi) is 2.65. The molecule has 0 radical (unpaired) electrons. The van der Waals surface area contributed by atoms with Crippen LogP contribution in [-0.4, -0.2) is 12.8 Å². The average Bonchev–Trinajstić information content (AvgIpc) is 3.00. The van der Waals surface area contributed by atoms with Gasteiger partial charge in [-0.25, -0.2) is 0 Å². The minimum absolute atomic E-state index is 0.516. The van der Waals surface area contributed by atoms with Gasteiger partial charge in [-0.2, -0.15) is 0 Å². The Balaban J connectivity index is 1.77. The maximum atomic E-state index is 8.37. The van der Waals surface area contributed by atoms with Crippen LogP contribution in [0.25, 0.3) is 0 Å². The van der Waals surface area contributed by atoms with E-state index in [0.29, 0.717) is 5.92 Å². The number of rotatable bonds is 3. The smallest absolute Gasteiger partial charge is 0.118 e. The van der Waals surface area contributed by atoms with Gasteiger partial charge in [0.05, 0.1) is 7.11 Å². The molecule has 1 aromatic rings. The monoisotopic (exact) mass is 229 g/mol. The second-order valence-corrected chi connectivity index (χ2v) is 5.42. The van der Waals surface area contributed by atoms with E-state index in [2.05, 4.69) is 0 Å². The van der Waals surface area contributed by atoms with Crippen LogP contribution in [0.15, 0.2) is 24.3 Å². The Morgan fingerprint density at radius 2 is 1.94 bits per heavy atom. The fourth-order valence-electron chi connectivity index (χ4n) is 3.58. The van der Waals surface area contributed by atoms with E-state index in [1.807, 2.05) is 24.3 Å². The molecule has 2 nitrogen and oxygen atoms in total. The van der Waals surface area contributed by atoms with E-state index in [9.17, 15) is 0 Å². The van der Waals surface area contributed by atoms with E-state index >= 15 is 0 Å². The molecule has 3 atom stereocenters.